The fourth-order valence-corrected chi connectivity index (χ4v) is 5.88. The van der Waals surface area contributed by atoms with E-state index in [1.165, 1.54) is 10.5 Å². The monoisotopic (exact) mass is 630 g/mol. The highest BCUT2D eigenvalue weighted by molar-refractivity contribution is 6.30. The SMILES string of the molecule is CC(C)c1ccc(CCc2nc(N3CCC[C@H]3c3ccc(Cl)cc3)ncc2C(=O)N(CC(=O)O)Cc2ccc(Cl)cc2)cc1. The molecular formula is C35H36Cl2N4O3. The van der Waals surface area contributed by atoms with Crippen LogP contribution < -0.4 is 4.90 Å². The van der Waals surface area contributed by atoms with Crippen LogP contribution >= 0.6 is 23.2 Å². The predicted molar refractivity (Wildman–Crippen MR) is 175 cm³/mol. The molecule has 0 radical (unpaired) electrons. The number of anilines is 1. The zero-order valence-electron chi connectivity index (χ0n) is 24.9. The van der Waals surface area contributed by atoms with Gasteiger partial charge in [-0.1, -0.05) is 85.6 Å². The van der Waals surface area contributed by atoms with Crippen LogP contribution in [0, 0.1) is 0 Å². The number of aryl methyl sites for hydroxylation is 2. The van der Waals surface area contributed by atoms with Gasteiger partial charge in [0.05, 0.1) is 17.3 Å². The molecule has 2 heterocycles. The van der Waals surface area contributed by atoms with Gasteiger partial charge in [-0.15, -0.1) is 0 Å². The third-order valence-electron chi connectivity index (χ3n) is 8.05. The third-order valence-corrected chi connectivity index (χ3v) is 8.55. The Labute approximate surface area is 268 Å². The van der Waals surface area contributed by atoms with Gasteiger partial charge in [0.1, 0.15) is 6.54 Å². The largest absolute Gasteiger partial charge is 0.480 e. The first-order valence-corrected chi connectivity index (χ1v) is 15.7. The number of amides is 1. The van der Waals surface area contributed by atoms with Crippen molar-refractivity contribution in [2.24, 2.45) is 0 Å². The number of carboxylic acids is 1. The smallest absolute Gasteiger partial charge is 0.323 e. The van der Waals surface area contributed by atoms with E-state index in [0.717, 1.165) is 36.1 Å². The number of benzene rings is 3. The van der Waals surface area contributed by atoms with Crippen LogP contribution in [-0.2, 0) is 24.2 Å². The molecule has 9 heteroatoms. The Kier molecular flexibility index (Phi) is 10.2. The van der Waals surface area contributed by atoms with E-state index >= 15 is 0 Å². The van der Waals surface area contributed by atoms with Gasteiger partial charge in [0.25, 0.3) is 5.91 Å². The fourth-order valence-electron chi connectivity index (χ4n) is 5.63. The minimum absolute atomic E-state index is 0.0960. The van der Waals surface area contributed by atoms with Gasteiger partial charge in [-0.2, -0.15) is 0 Å². The van der Waals surface area contributed by atoms with Crippen LogP contribution in [0.4, 0.5) is 5.95 Å². The van der Waals surface area contributed by atoms with Crippen LogP contribution in [0.1, 0.15) is 77.0 Å². The molecule has 4 aromatic rings. The number of aromatic nitrogens is 2. The Morgan fingerprint density at radius 3 is 2.20 bits per heavy atom. The maximum Gasteiger partial charge on any atom is 0.323 e. The van der Waals surface area contributed by atoms with Gasteiger partial charge in [0.15, 0.2) is 0 Å². The van der Waals surface area contributed by atoms with E-state index in [1.807, 2.05) is 24.3 Å². The van der Waals surface area contributed by atoms with Crippen molar-refractivity contribution < 1.29 is 14.7 Å². The van der Waals surface area contributed by atoms with E-state index in [9.17, 15) is 14.7 Å². The average Bonchev–Trinajstić information content (AvgIpc) is 3.51. The first-order valence-electron chi connectivity index (χ1n) is 14.9. The molecule has 0 spiro atoms. The fraction of sp³-hybridized carbons (Fsp3) is 0.314. The number of hydrogen-bond donors (Lipinski definition) is 1. The molecular weight excluding hydrogens is 595 g/mol. The van der Waals surface area contributed by atoms with E-state index < -0.39 is 18.4 Å². The molecule has 0 saturated carbocycles. The van der Waals surface area contributed by atoms with Crippen molar-refractivity contribution in [3.63, 3.8) is 0 Å². The molecule has 0 bridgehead atoms. The number of aliphatic carboxylic acids is 1. The lowest BCUT2D eigenvalue weighted by Gasteiger charge is -2.27. The molecule has 44 heavy (non-hydrogen) atoms. The highest BCUT2D eigenvalue weighted by Gasteiger charge is 2.30. The predicted octanol–water partition coefficient (Wildman–Crippen LogP) is 7.76. The molecule has 1 aliphatic rings. The van der Waals surface area contributed by atoms with Crippen LogP contribution in [0.15, 0.2) is 79.0 Å². The molecule has 1 fully saturated rings. The Morgan fingerprint density at radius 1 is 0.932 bits per heavy atom. The summed E-state index contributed by atoms with van der Waals surface area (Å²) in [6.07, 6.45) is 4.68. The number of rotatable bonds is 11. The zero-order chi connectivity index (χ0) is 31.2. The third kappa shape index (κ3) is 7.76. The Hall–Kier alpha value is -3.94. The molecule has 1 N–H and O–H groups in total. The summed E-state index contributed by atoms with van der Waals surface area (Å²) in [5.74, 6) is -0.520. The minimum atomic E-state index is -1.10. The first kappa shape index (κ1) is 31.5. The van der Waals surface area contributed by atoms with Crippen LogP contribution in [0.5, 0.6) is 0 Å². The molecule has 5 rings (SSSR count). The molecule has 1 amide bonds. The summed E-state index contributed by atoms with van der Waals surface area (Å²) < 4.78 is 0. The van der Waals surface area contributed by atoms with Gasteiger partial charge in [-0.05, 0) is 78.1 Å². The van der Waals surface area contributed by atoms with Gasteiger partial charge in [-0.25, -0.2) is 9.97 Å². The summed E-state index contributed by atoms with van der Waals surface area (Å²) in [7, 11) is 0. The summed E-state index contributed by atoms with van der Waals surface area (Å²) in [5.41, 5.74) is 5.22. The van der Waals surface area contributed by atoms with Crippen LogP contribution in [0.2, 0.25) is 10.0 Å². The summed E-state index contributed by atoms with van der Waals surface area (Å²) in [6.45, 7) is 4.78. The van der Waals surface area contributed by atoms with E-state index in [2.05, 4.69) is 48.0 Å². The lowest BCUT2D eigenvalue weighted by Crippen LogP contribution is -2.36. The van der Waals surface area contributed by atoms with Gasteiger partial charge >= 0.3 is 5.97 Å². The Bertz CT molecular complexity index is 1590. The second kappa shape index (κ2) is 14.2. The maximum absolute atomic E-state index is 14.0. The average molecular weight is 632 g/mol. The minimum Gasteiger partial charge on any atom is -0.480 e. The first-order chi connectivity index (χ1) is 21.2. The van der Waals surface area contributed by atoms with E-state index in [1.54, 1.807) is 30.5 Å². The maximum atomic E-state index is 14.0. The molecule has 1 aromatic heterocycles. The van der Waals surface area contributed by atoms with E-state index in [0.29, 0.717) is 46.0 Å². The zero-order valence-corrected chi connectivity index (χ0v) is 26.4. The van der Waals surface area contributed by atoms with Crippen molar-refractivity contribution in [3.8, 4) is 0 Å². The molecule has 1 saturated heterocycles. The molecule has 0 unspecified atom stereocenters. The second-order valence-corrected chi connectivity index (χ2v) is 12.4. The quantitative estimate of drug-likeness (QED) is 0.182. The molecule has 0 aliphatic carbocycles. The second-order valence-electron chi connectivity index (χ2n) is 11.5. The molecule has 1 aliphatic heterocycles. The number of carboxylic acid groups (broad SMARTS) is 1. The summed E-state index contributed by atoms with van der Waals surface area (Å²) in [5, 5.41) is 10.9. The normalized spacial score (nSPS) is 14.7. The molecule has 1 atom stereocenters. The summed E-state index contributed by atoms with van der Waals surface area (Å²) in [6, 6.07) is 23.5. The van der Waals surface area contributed by atoms with Crippen molar-refractivity contribution in [2.45, 2.75) is 58.0 Å². The van der Waals surface area contributed by atoms with Gasteiger partial charge in [0, 0.05) is 29.3 Å². The number of hydrogen-bond acceptors (Lipinski definition) is 5. The van der Waals surface area contributed by atoms with Gasteiger partial charge < -0.3 is 14.9 Å². The molecule has 3 aromatic carbocycles. The Morgan fingerprint density at radius 2 is 1.57 bits per heavy atom. The summed E-state index contributed by atoms with van der Waals surface area (Å²) >= 11 is 12.2. The van der Waals surface area contributed by atoms with E-state index in [4.69, 9.17) is 28.2 Å². The van der Waals surface area contributed by atoms with Crippen molar-refractivity contribution in [1.82, 2.24) is 14.9 Å². The number of carbonyl (C=O) groups excluding carboxylic acids is 1. The van der Waals surface area contributed by atoms with Crippen molar-refractivity contribution in [1.29, 1.82) is 0 Å². The van der Waals surface area contributed by atoms with Crippen LogP contribution in [0.25, 0.3) is 0 Å². The molecule has 228 valence electrons. The number of halogens is 2. The lowest BCUT2D eigenvalue weighted by molar-refractivity contribution is -0.137. The van der Waals surface area contributed by atoms with Crippen molar-refractivity contribution in [3.05, 3.63) is 123 Å². The highest BCUT2D eigenvalue weighted by atomic mass is 35.5. The van der Waals surface area contributed by atoms with Gasteiger partial charge in [0.2, 0.25) is 5.95 Å². The van der Waals surface area contributed by atoms with Crippen molar-refractivity contribution >= 4 is 41.0 Å². The lowest BCUT2D eigenvalue weighted by atomic mass is 9.99. The number of carbonyl (C=O) groups is 2. The van der Waals surface area contributed by atoms with Crippen molar-refractivity contribution in [2.75, 3.05) is 18.0 Å². The van der Waals surface area contributed by atoms with Crippen LogP contribution in [0.3, 0.4) is 0 Å². The molecule has 7 nitrogen and oxygen atoms in total. The summed E-state index contributed by atoms with van der Waals surface area (Å²) in [4.78, 5) is 39.0. The van der Waals surface area contributed by atoms with Gasteiger partial charge in [-0.3, -0.25) is 9.59 Å². The number of nitrogens with zero attached hydrogens (tertiary/aromatic N) is 4. The van der Waals surface area contributed by atoms with E-state index in [-0.39, 0.29) is 12.6 Å². The highest BCUT2D eigenvalue weighted by Crippen LogP contribution is 2.35. The standard InChI is InChI=1S/C35H36Cl2N4O3/c1-23(2)26-10-5-24(6-11-26)9-18-31-30(34(44)40(22-33(42)43)21-25-7-14-28(36)15-8-25)20-38-35(39-31)41-19-3-4-32(41)27-12-16-29(37)17-13-27/h5-8,10-17,20,23,32H,3-4,9,18-19,21-22H2,1-2H3,(H,42,43)/t32-/m0/s1. The van der Waals surface area contributed by atoms with Crippen LogP contribution in [-0.4, -0.2) is 44.9 Å². The topological polar surface area (TPSA) is 86.6 Å². The Balaban J connectivity index is 1.47.